The SMILES string of the molecule is CCCc1ccc(C2COc3ccc4c(c3-c3c(ccc5c3CCCC5)OC2)CCCC4)cc1. The van der Waals surface area contributed by atoms with Gasteiger partial charge in [0, 0.05) is 11.1 Å². The summed E-state index contributed by atoms with van der Waals surface area (Å²) in [5, 5.41) is 0. The van der Waals surface area contributed by atoms with Gasteiger partial charge in [0.1, 0.15) is 11.5 Å². The molecule has 0 unspecified atom stereocenters. The van der Waals surface area contributed by atoms with E-state index in [1.165, 1.54) is 89.5 Å². The number of hydrogen-bond acceptors (Lipinski definition) is 2. The van der Waals surface area contributed by atoms with E-state index in [9.17, 15) is 0 Å². The van der Waals surface area contributed by atoms with Crippen LogP contribution in [0.3, 0.4) is 0 Å². The molecule has 0 aromatic heterocycles. The van der Waals surface area contributed by atoms with Crippen LogP contribution in [0.4, 0.5) is 0 Å². The number of ether oxygens (including phenoxy) is 2. The average molecular weight is 453 g/mol. The Morgan fingerprint density at radius 3 is 1.71 bits per heavy atom. The smallest absolute Gasteiger partial charge is 0.127 e. The summed E-state index contributed by atoms with van der Waals surface area (Å²) < 4.78 is 13.4. The lowest BCUT2D eigenvalue weighted by molar-refractivity contribution is 0.223. The molecule has 0 amide bonds. The number of aryl methyl sites for hydroxylation is 3. The number of rotatable bonds is 3. The molecule has 176 valence electrons. The zero-order chi connectivity index (χ0) is 22.9. The second kappa shape index (κ2) is 9.49. The lowest BCUT2D eigenvalue weighted by atomic mass is 9.80. The maximum atomic E-state index is 6.69. The molecule has 0 atom stereocenters. The van der Waals surface area contributed by atoms with Gasteiger partial charge in [-0.1, -0.05) is 49.7 Å². The van der Waals surface area contributed by atoms with Crippen molar-refractivity contribution in [1.29, 1.82) is 0 Å². The third-order valence-electron chi connectivity index (χ3n) is 8.11. The lowest BCUT2D eigenvalue weighted by Gasteiger charge is -2.27. The molecule has 0 radical (unpaired) electrons. The van der Waals surface area contributed by atoms with Gasteiger partial charge in [0.25, 0.3) is 0 Å². The van der Waals surface area contributed by atoms with Crippen LogP contribution >= 0.6 is 0 Å². The summed E-state index contributed by atoms with van der Waals surface area (Å²) in [6.07, 6.45) is 12.1. The first kappa shape index (κ1) is 21.8. The van der Waals surface area contributed by atoms with Crippen molar-refractivity contribution in [1.82, 2.24) is 0 Å². The van der Waals surface area contributed by atoms with Crippen LogP contribution in [-0.4, -0.2) is 13.2 Å². The van der Waals surface area contributed by atoms with Crippen LogP contribution in [-0.2, 0) is 32.1 Å². The second-order valence-corrected chi connectivity index (χ2v) is 10.4. The summed E-state index contributed by atoms with van der Waals surface area (Å²) in [4.78, 5) is 0. The largest absolute Gasteiger partial charge is 0.492 e. The van der Waals surface area contributed by atoms with Crippen LogP contribution < -0.4 is 9.47 Å². The van der Waals surface area contributed by atoms with Crippen molar-refractivity contribution in [2.45, 2.75) is 77.0 Å². The van der Waals surface area contributed by atoms with Crippen molar-refractivity contribution in [2.75, 3.05) is 13.2 Å². The zero-order valence-electron chi connectivity index (χ0n) is 20.5. The molecule has 0 N–H and O–H groups in total. The van der Waals surface area contributed by atoms with Gasteiger partial charge < -0.3 is 9.47 Å². The number of hydrogen-bond donors (Lipinski definition) is 0. The predicted molar refractivity (Wildman–Crippen MR) is 139 cm³/mol. The molecule has 34 heavy (non-hydrogen) atoms. The van der Waals surface area contributed by atoms with Gasteiger partial charge in [0.2, 0.25) is 0 Å². The third-order valence-corrected chi connectivity index (χ3v) is 8.11. The molecule has 2 nitrogen and oxygen atoms in total. The fourth-order valence-corrected chi connectivity index (χ4v) is 6.27. The monoisotopic (exact) mass is 452 g/mol. The molecular weight excluding hydrogens is 416 g/mol. The molecule has 0 saturated heterocycles. The molecule has 2 aliphatic carbocycles. The van der Waals surface area contributed by atoms with Crippen molar-refractivity contribution in [2.24, 2.45) is 0 Å². The summed E-state index contributed by atoms with van der Waals surface area (Å²) in [5.74, 6) is 2.32. The van der Waals surface area contributed by atoms with Crippen LogP contribution in [0.1, 0.15) is 78.3 Å². The first-order valence-corrected chi connectivity index (χ1v) is 13.5. The van der Waals surface area contributed by atoms with Gasteiger partial charge in [-0.15, -0.1) is 0 Å². The van der Waals surface area contributed by atoms with Crippen molar-refractivity contribution >= 4 is 0 Å². The van der Waals surface area contributed by atoms with E-state index in [2.05, 4.69) is 55.5 Å². The number of benzene rings is 3. The summed E-state index contributed by atoms with van der Waals surface area (Å²) in [6, 6.07) is 18.3. The van der Waals surface area contributed by atoms with Crippen LogP contribution in [0, 0.1) is 0 Å². The van der Waals surface area contributed by atoms with Crippen LogP contribution in [0.15, 0.2) is 48.5 Å². The normalized spacial score (nSPS) is 17.6. The van der Waals surface area contributed by atoms with E-state index in [1.807, 2.05) is 0 Å². The summed E-state index contributed by atoms with van der Waals surface area (Å²) in [7, 11) is 0. The maximum absolute atomic E-state index is 6.69. The molecule has 1 aliphatic heterocycles. The molecular formula is C32H36O2. The summed E-state index contributed by atoms with van der Waals surface area (Å²) in [5.41, 5.74) is 11.4. The van der Waals surface area contributed by atoms with Gasteiger partial charge in [-0.3, -0.25) is 0 Å². The first-order chi connectivity index (χ1) is 16.8. The topological polar surface area (TPSA) is 18.5 Å². The van der Waals surface area contributed by atoms with E-state index in [0.717, 1.165) is 30.8 Å². The molecule has 0 fully saturated rings. The Kier molecular flexibility index (Phi) is 6.07. The molecule has 1 heterocycles. The van der Waals surface area contributed by atoms with E-state index < -0.39 is 0 Å². The highest BCUT2D eigenvalue weighted by Gasteiger charge is 2.28. The van der Waals surface area contributed by atoms with Gasteiger partial charge >= 0.3 is 0 Å². The minimum Gasteiger partial charge on any atom is -0.492 e. The molecule has 0 bridgehead atoms. The minimum absolute atomic E-state index is 0.210. The van der Waals surface area contributed by atoms with Gasteiger partial charge in [0.15, 0.2) is 0 Å². The molecule has 2 heteroatoms. The van der Waals surface area contributed by atoms with Crippen LogP contribution in [0.2, 0.25) is 0 Å². The Hall–Kier alpha value is -2.74. The van der Waals surface area contributed by atoms with E-state index in [0.29, 0.717) is 13.2 Å². The van der Waals surface area contributed by atoms with E-state index in [-0.39, 0.29) is 5.92 Å². The molecule has 0 saturated carbocycles. The van der Waals surface area contributed by atoms with Crippen LogP contribution in [0.5, 0.6) is 11.5 Å². The molecule has 3 aliphatic rings. The quantitative estimate of drug-likeness (QED) is 0.407. The van der Waals surface area contributed by atoms with Crippen molar-refractivity contribution in [3.63, 3.8) is 0 Å². The Morgan fingerprint density at radius 1 is 0.647 bits per heavy atom. The maximum Gasteiger partial charge on any atom is 0.127 e. The van der Waals surface area contributed by atoms with Gasteiger partial charge in [-0.25, -0.2) is 0 Å². The van der Waals surface area contributed by atoms with Crippen molar-refractivity contribution < 1.29 is 9.47 Å². The lowest BCUT2D eigenvalue weighted by Crippen LogP contribution is -2.18. The van der Waals surface area contributed by atoms with Crippen molar-refractivity contribution in [3.05, 3.63) is 81.9 Å². The Bertz CT molecular complexity index is 1110. The molecule has 6 rings (SSSR count). The Morgan fingerprint density at radius 2 is 1.18 bits per heavy atom. The molecule has 3 aromatic carbocycles. The van der Waals surface area contributed by atoms with Crippen LogP contribution in [0.25, 0.3) is 11.1 Å². The highest BCUT2D eigenvalue weighted by molar-refractivity contribution is 5.83. The predicted octanol–water partition coefficient (Wildman–Crippen LogP) is 7.62. The van der Waals surface area contributed by atoms with Gasteiger partial charge in [0.05, 0.1) is 19.1 Å². The standard InChI is InChI=1S/C32H36O2/c1-2-7-22-12-14-23(15-13-22)26-20-33-29-18-16-24-8-3-5-10-27(24)31(29)32-28-11-6-4-9-25(28)17-19-30(32)34-21-26/h12-19,26H,2-11,20-21H2,1H3. The fourth-order valence-electron chi connectivity index (χ4n) is 6.27. The number of fused-ring (bicyclic) bond motifs is 7. The fraction of sp³-hybridized carbons (Fsp3) is 0.438. The van der Waals surface area contributed by atoms with E-state index in [1.54, 1.807) is 0 Å². The van der Waals surface area contributed by atoms with E-state index >= 15 is 0 Å². The molecule has 3 aromatic rings. The highest BCUT2D eigenvalue weighted by Crippen LogP contribution is 2.47. The molecule has 0 spiro atoms. The summed E-state index contributed by atoms with van der Waals surface area (Å²) >= 11 is 0. The Labute approximate surface area is 204 Å². The minimum atomic E-state index is 0.210. The third kappa shape index (κ3) is 4.02. The van der Waals surface area contributed by atoms with Gasteiger partial charge in [-0.2, -0.15) is 0 Å². The average Bonchev–Trinajstić information content (AvgIpc) is 2.97. The van der Waals surface area contributed by atoms with E-state index in [4.69, 9.17) is 9.47 Å². The zero-order valence-corrected chi connectivity index (χ0v) is 20.5. The van der Waals surface area contributed by atoms with Crippen molar-refractivity contribution in [3.8, 4) is 22.6 Å². The van der Waals surface area contributed by atoms with Gasteiger partial charge in [-0.05, 0) is 103 Å². The highest BCUT2D eigenvalue weighted by atomic mass is 16.5. The first-order valence-electron chi connectivity index (χ1n) is 13.5. The Balaban J connectivity index is 1.46. The second-order valence-electron chi connectivity index (χ2n) is 10.4. The summed E-state index contributed by atoms with van der Waals surface area (Å²) in [6.45, 7) is 3.53.